The lowest BCUT2D eigenvalue weighted by Crippen LogP contribution is -2.10. The molecule has 0 saturated carbocycles. The maximum absolute atomic E-state index is 13.3. The third-order valence-corrected chi connectivity index (χ3v) is 4.32. The number of hydrogen-bond acceptors (Lipinski definition) is 2. The van der Waals surface area contributed by atoms with Gasteiger partial charge in [0.15, 0.2) is 11.5 Å². The fourth-order valence-corrected chi connectivity index (χ4v) is 2.94. The monoisotopic (exact) mass is 446 g/mol. The van der Waals surface area contributed by atoms with Crippen molar-refractivity contribution in [3.05, 3.63) is 47.0 Å². The highest BCUT2D eigenvalue weighted by molar-refractivity contribution is 6.18. The highest BCUT2D eigenvalue weighted by atomic mass is 35.5. The molecular weight excluding hydrogens is 436 g/mol. The molecule has 0 heterocycles. The fraction of sp³-hybridized carbons (Fsp3) is 0.130. The molecule has 2 aromatic rings. The van der Waals surface area contributed by atoms with Gasteiger partial charge in [-0.25, -0.2) is 0 Å². The minimum atomic E-state index is -4.56. The Morgan fingerprint density at radius 1 is 0.833 bits per heavy atom. The van der Waals surface area contributed by atoms with Crippen molar-refractivity contribution in [2.24, 2.45) is 0 Å². The third kappa shape index (κ3) is 5.59. The summed E-state index contributed by atoms with van der Waals surface area (Å²) < 4.78 is 50.5. The molecule has 0 aliphatic carbocycles. The van der Waals surface area contributed by atoms with E-state index < -0.39 is 11.7 Å². The van der Waals surface area contributed by atoms with Crippen molar-refractivity contribution in [3.8, 4) is 71.4 Å². The Hall–Kier alpha value is -3.35. The molecule has 7 heteroatoms. The summed E-state index contributed by atoms with van der Waals surface area (Å²) in [7, 11) is 0. The number of terminal acetylenes is 2. The summed E-state index contributed by atoms with van der Waals surface area (Å²) in [5.41, 5.74) is 0.296. The molecule has 150 valence electrons. The molecule has 0 fully saturated rings. The van der Waals surface area contributed by atoms with Crippen molar-refractivity contribution in [3.63, 3.8) is 0 Å². The molecule has 0 aliphatic rings. The van der Waals surface area contributed by atoms with Crippen LogP contribution in [-0.4, -0.2) is 0 Å². The van der Waals surface area contributed by atoms with Crippen LogP contribution in [0.4, 0.5) is 13.2 Å². The van der Waals surface area contributed by atoms with Gasteiger partial charge in [-0.05, 0) is 58.4 Å². The van der Waals surface area contributed by atoms with E-state index in [1.165, 1.54) is 18.2 Å². The molecular formula is C23H11Cl2F3O2. The van der Waals surface area contributed by atoms with Crippen molar-refractivity contribution in [1.82, 2.24) is 0 Å². The van der Waals surface area contributed by atoms with Crippen LogP contribution in [0.2, 0.25) is 0 Å². The van der Waals surface area contributed by atoms with Gasteiger partial charge in [-0.3, -0.25) is 0 Å². The van der Waals surface area contributed by atoms with Gasteiger partial charge in [-0.15, -0.1) is 36.0 Å². The molecule has 2 rings (SSSR count). The van der Waals surface area contributed by atoms with Gasteiger partial charge in [0.1, 0.15) is 12.2 Å². The Bertz CT molecular complexity index is 1150. The summed E-state index contributed by atoms with van der Waals surface area (Å²) in [5.74, 6) is 8.59. The first-order valence-electron chi connectivity index (χ1n) is 8.10. The topological polar surface area (TPSA) is 18.5 Å². The van der Waals surface area contributed by atoms with Crippen molar-refractivity contribution in [2.75, 3.05) is 0 Å². The van der Waals surface area contributed by atoms with Crippen LogP contribution in [-0.2, 0) is 17.9 Å². The first kappa shape index (κ1) is 22.9. The van der Waals surface area contributed by atoms with E-state index >= 15 is 0 Å². The first-order valence-corrected chi connectivity index (χ1v) is 9.16. The molecule has 0 aromatic heterocycles. The van der Waals surface area contributed by atoms with Gasteiger partial charge in [0.05, 0.1) is 5.56 Å². The molecule has 0 spiro atoms. The molecule has 0 bridgehead atoms. The summed E-state index contributed by atoms with van der Waals surface area (Å²) >= 11 is 11.7. The van der Waals surface area contributed by atoms with E-state index in [-0.39, 0.29) is 34.4 Å². The molecule has 0 N–H and O–H groups in total. The number of hydrogen-bond donors (Lipinski definition) is 0. The molecule has 0 amide bonds. The van der Waals surface area contributed by atoms with E-state index in [2.05, 4.69) is 35.9 Å². The lowest BCUT2D eigenvalue weighted by atomic mass is 9.94. The second-order valence-electron chi connectivity index (χ2n) is 5.54. The molecule has 0 atom stereocenters. The van der Waals surface area contributed by atoms with Gasteiger partial charge < -0.3 is 9.47 Å². The average molecular weight is 447 g/mol. The maximum atomic E-state index is 13.3. The smallest absolute Gasteiger partial charge is 0.403 e. The second kappa shape index (κ2) is 10.4. The molecule has 0 unspecified atom stereocenters. The highest BCUT2D eigenvalue weighted by Crippen LogP contribution is 2.39. The summed E-state index contributed by atoms with van der Waals surface area (Å²) in [6, 6.07) is 6.95. The predicted octanol–water partition coefficient (Wildman–Crippen LogP) is 5.80. The van der Waals surface area contributed by atoms with Gasteiger partial charge in [-0.1, -0.05) is 6.07 Å². The van der Waals surface area contributed by atoms with Crippen molar-refractivity contribution in [1.29, 1.82) is 0 Å². The zero-order chi connectivity index (χ0) is 22.1. The number of benzene rings is 2. The second-order valence-corrected chi connectivity index (χ2v) is 6.07. The Kier molecular flexibility index (Phi) is 7.98. The van der Waals surface area contributed by atoms with Gasteiger partial charge in [0, 0.05) is 23.6 Å². The molecule has 30 heavy (non-hydrogen) atoms. The quantitative estimate of drug-likeness (QED) is 0.427. The minimum absolute atomic E-state index is 0.0807. The molecule has 0 saturated heterocycles. The van der Waals surface area contributed by atoms with Crippen LogP contribution in [0.5, 0.6) is 11.5 Å². The lowest BCUT2D eigenvalue weighted by Gasteiger charge is -2.17. The zero-order valence-electron chi connectivity index (χ0n) is 15.2. The van der Waals surface area contributed by atoms with Crippen LogP contribution in [0, 0.1) is 48.7 Å². The van der Waals surface area contributed by atoms with E-state index in [0.717, 1.165) is 6.07 Å². The van der Waals surface area contributed by atoms with Crippen LogP contribution in [0.25, 0.3) is 11.1 Å². The van der Waals surface area contributed by atoms with Gasteiger partial charge in [-0.2, -0.15) is 13.2 Å². The normalized spacial score (nSPS) is 9.83. The van der Waals surface area contributed by atoms with Crippen LogP contribution in [0.1, 0.15) is 16.7 Å². The largest absolute Gasteiger partial charge is 0.416 e. The zero-order valence-corrected chi connectivity index (χ0v) is 16.7. The summed E-state index contributed by atoms with van der Waals surface area (Å²) in [5, 5.41) is 0. The van der Waals surface area contributed by atoms with E-state index in [1.54, 1.807) is 6.07 Å². The van der Waals surface area contributed by atoms with Crippen LogP contribution in [0.3, 0.4) is 0 Å². The van der Waals surface area contributed by atoms with Gasteiger partial charge >= 0.3 is 6.18 Å². The molecule has 2 aromatic carbocycles. The standard InChI is InChI=1S/C23H11Cl2F3O2/c1-3-5-9-29-21-8-7-16(13-22(21)30-10-6-4-2)19-11-18(15-25)20(23(26,27)28)12-17(19)14-24/h1-2,7-8,11-13H,14-15H2. The van der Waals surface area contributed by atoms with Crippen LogP contribution >= 0.6 is 23.2 Å². The molecule has 0 radical (unpaired) electrons. The summed E-state index contributed by atoms with van der Waals surface area (Å²) in [6.07, 6.45) is 10.1. The average Bonchev–Trinajstić information content (AvgIpc) is 2.73. The first-order chi connectivity index (χ1) is 14.3. The van der Waals surface area contributed by atoms with Crippen molar-refractivity contribution >= 4 is 23.2 Å². The van der Waals surface area contributed by atoms with E-state index in [0.29, 0.717) is 11.1 Å². The maximum Gasteiger partial charge on any atom is 0.416 e. The van der Waals surface area contributed by atoms with Crippen LogP contribution in [0.15, 0.2) is 30.3 Å². The van der Waals surface area contributed by atoms with Crippen molar-refractivity contribution < 1.29 is 22.6 Å². The number of rotatable bonds is 5. The highest BCUT2D eigenvalue weighted by Gasteiger charge is 2.34. The SMILES string of the molecule is C#CC#COc1ccc(-c2cc(CCl)c(C(F)(F)F)cc2CCl)cc1OC#CC#C. The number of alkyl halides is 5. The van der Waals surface area contributed by atoms with Crippen molar-refractivity contribution in [2.45, 2.75) is 17.9 Å². The van der Waals surface area contributed by atoms with Gasteiger partial charge in [0.25, 0.3) is 0 Å². The minimum Gasteiger partial charge on any atom is -0.403 e. The Balaban J connectivity index is 2.64. The Labute approximate surface area is 182 Å². The fourth-order valence-electron chi connectivity index (χ4n) is 2.50. The predicted molar refractivity (Wildman–Crippen MR) is 110 cm³/mol. The molecule has 0 aliphatic heterocycles. The Morgan fingerprint density at radius 2 is 1.43 bits per heavy atom. The van der Waals surface area contributed by atoms with Gasteiger partial charge in [0.2, 0.25) is 0 Å². The van der Waals surface area contributed by atoms with E-state index in [1.807, 2.05) is 0 Å². The van der Waals surface area contributed by atoms with E-state index in [4.69, 9.17) is 45.5 Å². The lowest BCUT2D eigenvalue weighted by molar-refractivity contribution is -0.138. The van der Waals surface area contributed by atoms with Crippen LogP contribution < -0.4 is 9.47 Å². The number of halogens is 5. The van der Waals surface area contributed by atoms with E-state index in [9.17, 15) is 13.2 Å². The number of ether oxygens (including phenoxy) is 2. The molecule has 2 nitrogen and oxygen atoms in total. The Morgan fingerprint density at radius 3 is 1.97 bits per heavy atom. The summed E-state index contributed by atoms with van der Waals surface area (Å²) in [6.45, 7) is 0. The summed E-state index contributed by atoms with van der Waals surface area (Å²) in [4.78, 5) is 0. The third-order valence-electron chi connectivity index (χ3n) is 3.75.